The molecule has 0 aliphatic heterocycles. The molecule has 0 bridgehead atoms. The van der Waals surface area contributed by atoms with E-state index in [4.69, 9.17) is 28.1 Å². The highest BCUT2D eigenvalue weighted by Crippen LogP contribution is 2.41. The molecule has 0 unspecified atom stereocenters. The van der Waals surface area contributed by atoms with Crippen LogP contribution in [0.2, 0.25) is 0 Å². The quantitative estimate of drug-likeness (QED) is 0.177. The van der Waals surface area contributed by atoms with Crippen molar-refractivity contribution in [3.05, 3.63) is 40.6 Å². The van der Waals surface area contributed by atoms with Gasteiger partial charge in [-0.05, 0) is 122 Å². The Labute approximate surface area is 304 Å². The molecule has 0 spiro atoms. The summed E-state index contributed by atoms with van der Waals surface area (Å²) in [6.45, 7) is 24.5. The summed E-state index contributed by atoms with van der Waals surface area (Å²) >= 11 is 0. The van der Waals surface area contributed by atoms with Gasteiger partial charge in [0.05, 0.1) is 27.1 Å². The molecule has 1 aromatic heterocycles. The molecule has 0 aliphatic carbocycles. The van der Waals surface area contributed by atoms with Gasteiger partial charge in [-0.2, -0.15) is 0 Å². The minimum atomic E-state index is -1.08. The first-order valence-corrected chi connectivity index (χ1v) is 16.8. The van der Waals surface area contributed by atoms with Crippen LogP contribution >= 0.6 is 0 Å². The third kappa shape index (κ3) is 9.86. The van der Waals surface area contributed by atoms with E-state index in [0.717, 1.165) is 0 Å². The molecule has 52 heavy (non-hydrogen) atoms. The van der Waals surface area contributed by atoms with Gasteiger partial charge in [0, 0.05) is 17.7 Å². The summed E-state index contributed by atoms with van der Waals surface area (Å²) in [4.78, 5) is 79.7. The Morgan fingerprint density at radius 3 is 1.35 bits per heavy atom. The van der Waals surface area contributed by atoms with Crippen molar-refractivity contribution in [1.82, 2.24) is 0 Å². The summed E-state index contributed by atoms with van der Waals surface area (Å²) in [5.74, 6) is -4.92. The second-order valence-corrected chi connectivity index (χ2v) is 17.7. The van der Waals surface area contributed by atoms with E-state index in [0.29, 0.717) is 0 Å². The number of hydrogen-bond donors (Lipinski definition) is 0. The van der Waals surface area contributed by atoms with Gasteiger partial charge in [0.2, 0.25) is 11.2 Å². The molecule has 0 aliphatic rings. The Morgan fingerprint density at radius 1 is 0.481 bits per heavy atom. The number of ether oxygens (including phenoxy) is 5. The van der Waals surface area contributed by atoms with Crippen LogP contribution in [0.4, 0.5) is 0 Å². The molecule has 0 saturated heterocycles. The van der Waals surface area contributed by atoms with E-state index < -0.39 is 68.1 Å². The fourth-order valence-corrected chi connectivity index (χ4v) is 3.74. The molecule has 0 saturated carbocycles. The molecule has 1 heterocycles. The maximum Gasteiger partial charge on any atom is 0.316 e. The van der Waals surface area contributed by atoms with Crippen molar-refractivity contribution in [2.75, 3.05) is 0 Å². The SMILES string of the molecule is CC(C)(C)C(=O)Oc1cc(OC(=O)C(C)(C)C)c2c(=O)c(OC(=O)C(C)(C)C)c(-c3ccc(OC(=O)C(C)(C)C)c(OC(=O)C(C)(C)C)c3)oc2c1. The summed E-state index contributed by atoms with van der Waals surface area (Å²) in [7, 11) is 0. The van der Waals surface area contributed by atoms with Crippen molar-refractivity contribution in [2.24, 2.45) is 27.1 Å². The predicted octanol–water partition coefficient (Wildman–Crippen LogP) is 8.22. The Bertz CT molecular complexity index is 1980. The van der Waals surface area contributed by atoms with Crippen LogP contribution in [0.15, 0.2) is 39.5 Å². The van der Waals surface area contributed by atoms with Gasteiger partial charge < -0.3 is 28.1 Å². The lowest BCUT2D eigenvalue weighted by molar-refractivity contribution is -0.145. The molecule has 3 aromatic rings. The predicted molar refractivity (Wildman–Crippen MR) is 193 cm³/mol. The van der Waals surface area contributed by atoms with E-state index in [9.17, 15) is 28.8 Å². The number of carbonyl (C=O) groups is 5. The molecular formula is C40H50O12. The maximum atomic E-state index is 14.5. The number of carbonyl (C=O) groups excluding carboxylic acids is 5. The number of rotatable bonds is 6. The van der Waals surface area contributed by atoms with Gasteiger partial charge in [0.15, 0.2) is 17.3 Å². The molecule has 0 radical (unpaired) electrons. The minimum absolute atomic E-state index is 0.0771. The first-order valence-electron chi connectivity index (χ1n) is 16.8. The van der Waals surface area contributed by atoms with Crippen LogP contribution in [0.5, 0.6) is 28.7 Å². The van der Waals surface area contributed by atoms with Gasteiger partial charge in [0.1, 0.15) is 22.5 Å². The first-order chi connectivity index (χ1) is 23.4. The molecule has 0 N–H and O–H groups in total. The van der Waals surface area contributed by atoms with E-state index in [1.807, 2.05) is 0 Å². The van der Waals surface area contributed by atoms with Gasteiger partial charge >= 0.3 is 29.8 Å². The van der Waals surface area contributed by atoms with Crippen LogP contribution in [0, 0.1) is 27.1 Å². The second-order valence-electron chi connectivity index (χ2n) is 17.7. The minimum Gasteiger partial charge on any atom is -0.452 e. The average molecular weight is 723 g/mol. The molecule has 0 amide bonds. The van der Waals surface area contributed by atoms with E-state index in [-0.39, 0.29) is 45.3 Å². The fraction of sp³-hybridized carbons (Fsp3) is 0.500. The number of fused-ring (bicyclic) bond motifs is 1. The standard InChI is InChI=1S/C40H50O12/c1-36(2,3)31(42)47-22-19-25-27(26(20-22)51-34(45)39(10,11)12)28(41)30(52-35(46)40(13,14)15)29(48-25)21-16-17-23(49-32(43)37(4,5)6)24(18-21)50-33(44)38(7,8)9/h16-20H,1-15H3. The van der Waals surface area contributed by atoms with Crippen LogP contribution in [-0.4, -0.2) is 29.8 Å². The summed E-state index contributed by atoms with van der Waals surface area (Å²) < 4.78 is 34.6. The third-order valence-corrected chi connectivity index (χ3v) is 7.17. The van der Waals surface area contributed by atoms with Gasteiger partial charge in [-0.25, -0.2) is 0 Å². The molecule has 12 heteroatoms. The van der Waals surface area contributed by atoms with Crippen LogP contribution in [0.3, 0.4) is 0 Å². The summed E-state index contributed by atoms with van der Waals surface area (Å²) in [5.41, 5.74) is -5.90. The van der Waals surface area contributed by atoms with E-state index in [1.54, 1.807) is 104 Å². The van der Waals surface area contributed by atoms with Gasteiger partial charge in [0.25, 0.3) is 0 Å². The molecule has 3 rings (SSSR count). The lowest BCUT2D eigenvalue weighted by Crippen LogP contribution is -2.29. The van der Waals surface area contributed by atoms with Gasteiger partial charge in [-0.15, -0.1) is 0 Å². The van der Waals surface area contributed by atoms with Crippen LogP contribution in [-0.2, 0) is 24.0 Å². The summed E-state index contributed by atoms with van der Waals surface area (Å²) in [6.07, 6.45) is 0. The highest BCUT2D eigenvalue weighted by Gasteiger charge is 2.33. The maximum absolute atomic E-state index is 14.5. The largest absolute Gasteiger partial charge is 0.452 e. The Hall–Kier alpha value is -5.00. The monoisotopic (exact) mass is 722 g/mol. The molecular weight excluding hydrogens is 672 g/mol. The molecule has 0 fully saturated rings. The zero-order valence-corrected chi connectivity index (χ0v) is 32.8. The Morgan fingerprint density at radius 2 is 0.885 bits per heavy atom. The lowest BCUT2D eigenvalue weighted by atomic mass is 9.97. The first kappa shape index (κ1) is 41.4. The van der Waals surface area contributed by atoms with E-state index >= 15 is 0 Å². The van der Waals surface area contributed by atoms with E-state index in [2.05, 4.69) is 0 Å². The fourth-order valence-electron chi connectivity index (χ4n) is 3.74. The topological polar surface area (TPSA) is 162 Å². The normalized spacial score (nSPS) is 12.6. The molecule has 282 valence electrons. The zero-order chi connectivity index (χ0) is 39.9. The van der Waals surface area contributed by atoms with Crippen LogP contribution < -0.4 is 29.1 Å². The smallest absolute Gasteiger partial charge is 0.316 e. The molecule has 12 nitrogen and oxygen atoms in total. The molecule has 2 aromatic carbocycles. The highest BCUT2D eigenvalue weighted by molar-refractivity contribution is 5.93. The second kappa shape index (κ2) is 14.2. The summed E-state index contributed by atoms with van der Waals surface area (Å²) in [6, 6.07) is 6.55. The Kier molecular flexibility index (Phi) is 11.3. The number of esters is 5. The molecule has 0 atom stereocenters. The van der Waals surface area contributed by atoms with Crippen molar-refractivity contribution in [1.29, 1.82) is 0 Å². The summed E-state index contributed by atoms with van der Waals surface area (Å²) in [5, 5.41) is -0.274. The Balaban J connectivity index is 2.47. The van der Waals surface area contributed by atoms with E-state index in [1.165, 1.54) is 30.3 Å². The van der Waals surface area contributed by atoms with Gasteiger partial charge in [-0.3, -0.25) is 28.8 Å². The van der Waals surface area contributed by atoms with Crippen LogP contribution in [0.1, 0.15) is 104 Å². The third-order valence-electron chi connectivity index (χ3n) is 7.17. The van der Waals surface area contributed by atoms with Crippen molar-refractivity contribution in [3.8, 4) is 40.1 Å². The van der Waals surface area contributed by atoms with Crippen molar-refractivity contribution >= 4 is 40.8 Å². The van der Waals surface area contributed by atoms with Crippen LogP contribution in [0.25, 0.3) is 22.3 Å². The van der Waals surface area contributed by atoms with Crippen molar-refractivity contribution in [3.63, 3.8) is 0 Å². The van der Waals surface area contributed by atoms with Crippen molar-refractivity contribution in [2.45, 2.75) is 104 Å². The number of benzene rings is 2. The lowest BCUT2D eigenvalue weighted by Gasteiger charge is -2.22. The highest BCUT2D eigenvalue weighted by atomic mass is 16.6. The van der Waals surface area contributed by atoms with Gasteiger partial charge in [-0.1, -0.05) is 0 Å². The number of hydrogen-bond acceptors (Lipinski definition) is 12. The average Bonchev–Trinajstić information content (AvgIpc) is 2.96. The van der Waals surface area contributed by atoms with Crippen molar-refractivity contribution < 1.29 is 52.1 Å². The zero-order valence-electron chi connectivity index (χ0n) is 32.8.